The Morgan fingerprint density at radius 1 is 1.24 bits per heavy atom. The SMILES string of the molecule is COc1ccc2c(=O)c3c(oc2c1)CCC1(C3)OCCO1. The topological polar surface area (TPSA) is 57.9 Å². The Kier molecular flexibility index (Phi) is 2.80. The summed E-state index contributed by atoms with van der Waals surface area (Å²) in [4.78, 5) is 12.7. The summed E-state index contributed by atoms with van der Waals surface area (Å²) < 4.78 is 22.5. The molecular formula is C16H16O5. The highest BCUT2D eigenvalue weighted by molar-refractivity contribution is 5.79. The van der Waals surface area contributed by atoms with Gasteiger partial charge in [0.15, 0.2) is 11.2 Å². The van der Waals surface area contributed by atoms with E-state index in [2.05, 4.69) is 0 Å². The first kappa shape index (κ1) is 12.9. The fourth-order valence-corrected chi connectivity index (χ4v) is 3.17. The molecule has 5 nitrogen and oxygen atoms in total. The fraction of sp³-hybridized carbons (Fsp3) is 0.438. The molecule has 5 heteroatoms. The minimum Gasteiger partial charge on any atom is -0.497 e. The molecule has 1 aromatic carbocycles. The molecule has 2 aromatic rings. The summed E-state index contributed by atoms with van der Waals surface area (Å²) in [6.07, 6.45) is 1.84. The molecule has 1 aliphatic carbocycles. The standard InChI is InChI=1S/C16H16O5/c1-18-10-2-3-11-14(8-10)21-13-4-5-16(19-6-7-20-16)9-12(13)15(11)17/h2-3,8H,4-7,9H2,1H3. The van der Waals surface area contributed by atoms with E-state index in [9.17, 15) is 4.79 Å². The van der Waals surface area contributed by atoms with Gasteiger partial charge in [0.1, 0.15) is 17.1 Å². The van der Waals surface area contributed by atoms with Crippen molar-refractivity contribution in [1.82, 2.24) is 0 Å². The van der Waals surface area contributed by atoms with E-state index in [-0.39, 0.29) is 5.43 Å². The van der Waals surface area contributed by atoms with Crippen LogP contribution in [0.1, 0.15) is 17.7 Å². The van der Waals surface area contributed by atoms with Crippen LogP contribution in [0.5, 0.6) is 5.75 Å². The lowest BCUT2D eigenvalue weighted by molar-refractivity contribution is -0.165. The summed E-state index contributed by atoms with van der Waals surface area (Å²) in [7, 11) is 1.59. The first-order chi connectivity index (χ1) is 10.2. The van der Waals surface area contributed by atoms with Crippen LogP contribution in [0.2, 0.25) is 0 Å². The third-order valence-electron chi connectivity index (χ3n) is 4.27. The van der Waals surface area contributed by atoms with Crippen LogP contribution in [0.25, 0.3) is 11.0 Å². The van der Waals surface area contributed by atoms with Crippen LogP contribution in [0, 0.1) is 0 Å². The molecule has 1 saturated heterocycles. The maximum atomic E-state index is 12.7. The quantitative estimate of drug-likeness (QED) is 0.803. The molecule has 110 valence electrons. The second kappa shape index (κ2) is 4.58. The van der Waals surface area contributed by atoms with Crippen molar-refractivity contribution >= 4 is 11.0 Å². The molecule has 0 atom stereocenters. The molecule has 0 radical (unpaired) electrons. The minimum atomic E-state index is -0.623. The average Bonchev–Trinajstić information content (AvgIpc) is 2.96. The molecule has 0 amide bonds. The molecule has 1 aromatic heterocycles. The van der Waals surface area contributed by atoms with Crippen LogP contribution in [-0.4, -0.2) is 26.1 Å². The Morgan fingerprint density at radius 2 is 2.05 bits per heavy atom. The lowest BCUT2D eigenvalue weighted by Crippen LogP contribution is -2.39. The summed E-state index contributed by atoms with van der Waals surface area (Å²) in [6.45, 7) is 1.18. The van der Waals surface area contributed by atoms with Gasteiger partial charge in [0.25, 0.3) is 0 Å². The van der Waals surface area contributed by atoms with E-state index in [0.29, 0.717) is 48.3 Å². The van der Waals surface area contributed by atoms with E-state index in [0.717, 1.165) is 12.2 Å². The van der Waals surface area contributed by atoms with Crippen molar-refractivity contribution in [2.24, 2.45) is 0 Å². The second-order valence-electron chi connectivity index (χ2n) is 5.48. The fourth-order valence-electron chi connectivity index (χ4n) is 3.17. The smallest absolute Gasteiger partial charge is 0.196 e. The number of aryl methyl sites for hydroxylation is 1. The van der Waals surface area contributed by atoms with Gasteiger partial charge in [-0.1, -0.05) is 0 Å². The highest BCUT2D eigenvalue weighted by Crippen LogP contribution is 2.35. The third-order valence-corrected chi connectivity index (χ3v) is 4.27. The second-order valence-corrected chi connectivity index (χ2v) is 5.48. The van der Waals surface area contributed by atoms with Crippen molar-refractivity contribution in [2.45, 2.75) is 25.0 Å². The molecule has 4 rings (SSSR count). The van der Waals surface area contributed by atoms with Crippen molar-refractivity contribution in [3.8, 4) is 5.75 Å². The average molecular weight is 288 g/mol. The van der Waals surface area contributed by atoms with Gasteiger partial charge in [0.05, 0.1) is 25.7 Å². The largest absolute Gasteiger partial charge is 0.497 e. The van der Waals surface area contributed by atoms with Gasteiger partial charge in [-0.2, -0.15) is 0 Å². The van der Waals surface area contributed by atoms with Gasteiger partial charge in [0, 0.05) is 30.9 Å². The molecular weight excluding hydrogens is 272 g/mol. The number of hydrogen-bond donors (Lipinski definition) is 0. The zero-order valence-corrected chi connectivity index (χ0v) is 11.8. The molecule has 1 aliphatic heterocycles. The van der Waals surface area contributed by atoms with Crippen LogP contribution in [-0.2, 0) is 22.3 Å². The van der Waals surface area contributed by atoms with Crippen LogP contribution in [0.4, 0.5) is 0 Å². The summed E-state index contributed by atoms with van der Waals surface area (Å²) in [5, 5.41) is 0.574. The monoisotopic (exact) mass is 288 g/mol. The Bertz CT molecular complexity index is 755. The van der Waals surface area contributed by atoms with Crippen LogP contribution < -0.4 is 10.2 Å². The number of benzene rings is 1. The number of rotatable bonds is 1. The van der Waals surface area contributed by atoms with Crippen LogP contribution >= 0.6 is 0 Å². The Hall–Kier alpha value is -1.85. The molecule has 0 unspecified atom stereocenters. The normalized spacial score (nSPS) is 19.9. The highest BCUT2D eigenvalue weighted by Gasteiger charge is 2.41. The molecule has 2 aliphatic rings. The first-order valence-electron chi connectivity index (χ1n) is 7.11. The Balaban J connectivity index is 1.87. The van der Waals surface area contributed by atoms with E-state index < -0.39 is 5.79 Å². The van der Waals surface area contributed by atoms with Gasteiger partial charge in [-0.15, -0.1) is 0 Å². The lowest BCUT2D eigenvalue weighted by Gasteiger charge is -2.31. The van der Waals surface area contributed by atoms with Gasteiger partial charge < -0.3 is 18.6 Å². The summed E-state index contributed by atoms with van der Waals surface area (Å²) in [5.74, 6) is 0.799. The maximum Gasteiger partial charge on any atom is 0.196 e. The summed E-state index contributed by atoms with van der Waals surface area (Å²) in [5.41, 5.74) is 1.26. The van der Waals surface area contributed by atoms with Gasteiger partial charge in [0.2, 0.25) is 0 Å². The van der Waals surface area contributed by atoms with Gasteiger partial charge in [-0.25, -0.2) is 0 Å². The number of fused-ring (bicyclic) bond motifs is 2. The van der Waals surface area contributed by atoms with E-state index in [4.69, 9.17) is 18.6 Å². The van der Waals surface area contributed by atoms with E-state index >= 15 is 0 Å². The van der Waals surface area contributed by atoms with Gasteiger partial charge in [-0.05, 0) is 12.1 Å². The molecule has 2 heterocycles. The number of hydrogen-bond acceptors (Lipinski definition) is 5. The van der Waals surface area contributed by atoms with Crippen LogP contribution in [0.3, 0.4) is 0 Å². The van der Waals surface area contributed by atoms with E-state index in [1.807, 2.05) is 0 Å². The van der Waals surface area contributed by atoms with Crippen molar-refractivity contribution in [2.75, 3.05) is 20.3 Å². The predicted molar refractivity (Wildman–Crippen MR) is 75.7 cm³/mol. The number of methoxy groups -OCH3 is 1. The Labute approximate surface area is 121 Å². The highest BCUT2D eigenvalue weighted by atomic mass is 16.7. The molecule has 1 fully saturated rings. The molecule has 21 heavy (non-hydrogen) atoms. The maximum absolute atomic E-state index is 12.7. The molecule has 0 saturated carbocycles. The van der Waals surface area contributed by atoms with Crippen molar-refractivity contribution < 1.29 is 18.6 Å². The summed E-state index contributed by atoms with van der Waals surface area (Å²) in [6, 6.07) is 5.27. The summed E-state index contributed by atoms with van der Waals surface area (Å²) >= 11 is 0. The van der Waals surface area contributed by atoms with Crippen molar-refractivity contribution in [3.05, 3.63) is 39.7 Å². The molecule has 0 N–H and O–H groups in total. The van der Waals surface area contributed by atoms with Crippen LogP contribution in [0.15, 0.2) is 27.4 Å². The zero-order chi connectivity index (χ0) is 14.4. The first-order valence-corrected chi connectivity index (χ1v) is 7.11. The third kappa shape index (κ3) is 1.96. The van der Waals surface area contributed by atoms with E-state index in [1.165, 1.54) is 0 Å². The van der Waals surface area contributed by atoms with E-state index in [1.54, 1.807) is 25.3 Å². The Morgan fingerprint density at radius 3 is 2.81 bits per heavy atom. The minimum absolute atomic E-state index is 0.00655. The molecule has 0 bridgehead atoms. The zero-order valence-electron chi connectivity index (χ0n) is 11.8. The van der Waals surface area contributed by atoms with Crippen molar-refractivity contribution in [3.63, 3.8) is 0 Å². The lowest BCUT2D eigenvalue weighted by atomic mass is 9.90. The van der Waals surface area contributed by atoms with Crippen molar-refractivity contribution in [1.29, 1.82) is 0 Å². The molecule has 1 spiro atoms. The van der Waals surface area contributed by atoms with Gasteiger partial charge >= 0.3 is 0 Å². The number of ether oxygens (including phenoxy) is 3. The predicted octanol–water partition coefficient (Wildman–Crippen LogP) is 2.03. The van der Waals surface area contributed by atoms with Gasteiger partial charge in [-0.3, -0.25) is 4.79 Å².